The molecule has 0 aliphatic rings. The molecule has 0 aliphatic carbocycles. The van der Waals surface area contributed by atoms with Crippen molar-refractivity contribution >= 4 is 5.78 Å². The van der Waals surface area contributed by atoms with Crippen molar-refractivity contribution in [3.63, 3.8) is 0 Å². The Hall–Kier alpha value is -2.30. The van der Waals surface area contributed by atoms with Crippen LogP contribution in [0.4, 0.5) is 8.78 Å². The lowest BCUT2D eigenvalue weighted by Crippen LogP contribution is -2.05. The quantitative estimate of drug-likeness (QED) is 0.795. The third kappa shape index (κ3) is 3.34. The average Bonchev–Trinajstić information content (AvgIpc) is 2.37. The topological polar surface area (TPSA) is 39.2 Å². The number of carbonyl (C=O) groups is 1. The minimum absolute atomic E-state index is 0.0403. The molecule has 0 saturated carbocycles. The van der Waals surface area contributed by atoms with Crippen molar-refractivity contribution in [3.05, 3.63) is 59.4 Å². The number of ether oxygens (including phenoxy) is 1. The summed E-state index contributed by atoms with van der Waals surface area (Å²) in [7, 11) is 0. The Labute approximate surface area is 108 Å². The van der Waals surface area contributed by atoms with Crippen molar-refractivity contribution < 1.29 is 18.3 Å². The Morgan fingerprint density at radius 3 is 2.68 bits per heavy atom. The SMILES string of the molecule is Cc1cncc(C(=O)c2cccc(OC(F)F)c2)c1. The van der Waals surface area contributed by atoms with Gasteiger partial charge in [0.2, 0.25) is 0 Å². The van der Waals surface area contributed by atoms with Crippen LogP contribution in [0.25, 0.3) is 0 Å². The molecule has 0 saturated heterocycles. The van der Waals surface area contributed by atoms with E-state index in [-0.39, 0.29) is 17.1 Å². The molecule has 3 nitrogen and oxygen atoms in total. The molecule has 1 aromatic heterocycles. The summed E-state index contributed by atoms with van der Waals surface area (Å²) in [6.45, 7) is -1.09. The molecule has 1 aromatic carbocycles. The van der Waals surface area contributed by atoms with E-state index in [1.54, 1.807) is 18.3 Å². The van der Waals surface area contributed by atoms with Gasteiger partial charge in [0.15, 0.2) is 5.78 Å². The van der Waals surface area contributed by atoms with Crippen LogP contribution in [0.5, 0.6) is 5.75 Å². The predicted octanol–water partition coefficient (Wildman–Crippen LogP) is 3.22. The number of hydrogen-bond acceptors (Lipinski definition) is 3. The van der Waals surface area contributed by atoms with Crippen LogP contribution in [0.15, 0.2) is 42.7 Å². The molecule has 0 bridgehead atoms. The van der Waals surface area contributed by atoms with Crippen molar-refractivity contribution in [2.45, 2.75) is 13.5 Å². The van der Waals surface area contributed by atoms with E-state index in [2.05, 4.69) is 9.72 Å². The highest BCUT2D eigenvalue weighted by atomic mass is 19.3. The van der Waals surface area contributed by atoms with Gasteiger partial charge in [-0.05, 0) is 30.7 Å². The smallest absolute Gasteiger partial charge is 0.387 e. The number of ketones is 1. The van der Waals surface area contributed by atoms with Gasteiger partial charge >= 0.3 is 6.61 Å². The second-order valence-electron chi connectivity index (χ2n) is 3.99. The van der Waals surface area contributed by atoms with Gasteiger partial charge in [-0.15, -0.1) is 0 Å². The fraction of sp³-hybridized carbons (Fsp3) is 0.143. The minimum atomic E-state index is -2.91. The number of aryl methyl sites for hydroxylation is 1. The van der Waals surface area contributed by atoms with Crippen LogP contribution in [0.1, 0.15) is 21.5 Å². The van der Waals surface area contributed by atoms with Crippen LogP contribution in [-0.2, 0) is 0 Å². The zero-order valence-corrected chi connectivity index (χ0v) is 10.1. The Bertz CT molecular complexity index is 600. The zero-order chi connectivity index (χ0) is 13.8. The standard InChI is InChI=1S/C14H11F2NO2/c1-9-5-11(8-17-7-9)13(18)10-3-2-4-12(6-10)19-14(15)16/h2-8,14H,1H3. The van der Waals surface area contributed by atoms with Crippen molar-refractivity contribution in [1.82, 2.24) is 4.98 Å². The highest BCUT2D eigenvalue weighted by molar-refractivity contribution is 6.09. The van der Waals surface area contributed by atoms with Crippen LogP contribution in [-0.4, -0.2) is 17.4 Å². The summed E-state index contributed by atoms with van der Waals surface area (Å²) in [5.74, 6) is -0.322. The van der Waals surface area contributed by atoms with Crippen molar-refractivity contribution in [1.29, 1.82) is 0 Å². The molecule has 2 aromatic rings. The van der Waals surface area contributed by atoms with Gasteiger partial charge in [-0.25, -0.2) is 0 Å². The average molecular weight is 263 g/mol. The number of nitrogens with zero attached hydrogens (tertiary/aromatic N) is 1. The Morgan fingerprint density at radius 1 is 1.21 bits per heavy atom. The lowest BCUT2D eigenvalue weighted by molar-refractivity contribution is -0.0498. The third-order valence-corrected chi connectivity index (χ3v) is 2.46. The molecule has 0 atom stereocenters. The molecular weight excluding hydrogens is 252 g/mol. The maximum Gasteiger partial charge on any atom is 0.387 e. The maximum absolute atomic E-state index is 12.2. The van der Waals surface area contributed by atoms with Gasteiger partial charge in [0, 0.05) is 23.5 Å². The van der Waals surface area contributed by atoms with E-state index < -0.39 is 6.61 Å². The van der Waals surface area contributed by atoms with Gasteiger partial charge in [-0.3, -0.25) is 9.78 Å². The van der Waals surface area contributed by atoms with Crippen LogP contribution >= 0.6 is 0 Å². The van der Waals surface area contributed by atoms with E-state index in [1.165, 1.54) is 24.4 Å². The number of pyridine rings is 1. The molecule has 0 fully saturated rings. The normalized spacial score (nSPS) is 10.5. The lowest BCUT2D eigenvalue weighted by Gasteiger charge is -2.06. The number of aromatic nitrogens is 1. The fourth-order valence-electron chi connectivity index (χ4n) is 1.66. The Morgan fingerprint density at radius 2 is 2.00 bits per heavy atom. The van der Waals surface area contributed by atoms with E-state index >= 15 is 0 Å². The van der Waals surface area contributed by atoms with Crippen LogP contribution in [0.2, 0.25) is 0 Å². The third-order valence-electron chi connectivity index (χ3n) is 2.46. The number of alkyl halides is 2. The van der Waals surface area contributed by atoms with Gasteiger partial charge in [0.25, 0.3) is 0 Å². The molecule has 2 rings (SSSR count). The molecular formula is C14H11F2NO2. The minimum Gasteiger partial charge on any atom is -0.435 e. The predicted molar refractivity (Wildman–Crippen MR) is 65.5 cm³/mol. The lowest BCUT2D eigenvalue weighted by atomic mass is 10.0. The Balaban J connectivity index is 2.29. The van der Waals surface area contributed by atoms with Crippen molar-refractivity contribution in [3.8, 4) is 5.75 Å². The number of benzene rings is 1. The first-order valence-corrected chi connectivity index (χ1v) is 5.57. The molecule has 1 heterocycles. The van der Waals surface area contributed by atoms with E-state index in [1.807, 2.05) is 6.92 Å². The van der Waals surface area contributed by atoms with E-state index in [4.69, 9.17) is 0 Å². The second kappa shape index (κ2) is 5.56. The summed E-state index contributed by atoms with van der Waals surface area (Å²) in [6, 6.07) is 7.39. The van der Waals surface area contributed by atoms with Gasteiger partial charge < -0.3 is 4.74 Å². The summed E-state index contributed by atoms with van der Waals surface area (Å²) in [5, 5.41) is 0. The van der Waals surface area contributed by atoms with Gasteiger partial charge in [-0.2, -0.15) is 8.78 Å². The summed E-state index contributed by atoms with van der Waals surface area (Å²) >= 11 is 0. The molecule has 0 amide bonds. The molecule has 0 spiro atoms. The van der Waals surface area contributed by atoms with Gasteiger partial charge in [0.05, 0.1) is 0 Å². The number of rotatable bonds is 4. The van der Waals surface area contributed by atoms with Gasteiger partial charge in [0.1, 0.15) is 5.75 Å². The first-order valence-electron chi connectivity index (χ1n) is 5.57. The van der Waals surface area contributed by atoms with Gasteiger partial charge in [-0.1, -0.05) is 12.1 Å². The van der Waals surface area contributed by atoms with Crippen LogP contribution in [0, 0.1) is 6.92 Å². The first-order chi connectivity index (χ1) is 9.06. The molecule has 0 N–H and O–H groups in total. The first kappa shape index (κ1) is 13.1. The van der Waals surface area contributed by atoms with E-state index in [0.29, 0.717) is 5.56 Å². The highest BCUT2D eigenvalue weighted by Crippen LogP contribution is 2.18. The fourth-order valence-corrected chi connectivity index (χ4v) is 1.66. The Kier molecular flexibility index (Phi) is 3.85. The second-order valence-corrected chi connectivity index (χ2v) is 3.99. The molecule has 0 unspecified atom stereocenters. The van der Waals surface area contributed by atoms with Crippen LogP contribution < -0.4 is 4.74 Å². The molecule has 5 heteroatoms. The number of halogens is 2. The number of hydrogen-bond donors (Lipinski definition) is 0. The van der Waals surface area contributed by atoms with E-state index in [0.717, 1.165) is 5.56 Å². The summed E-state index contributed by atoms with van der Waals surface area (Å²) in [4.78, 5) is 16.1. The van der Waals surface area contributed by atoms with Crippen molar-refractivity contribution in [2.24, 2.45) is 0 Å². The monoisotopic (exact) mass is 263 g/mol. The largest absolute Gasteiger partial charge is 0.435 e. The summed E-state index contributed by atoms with van der Waals surface area (Å²) < 4.78 is 28.5. The highest BCUT2D eigenvalue weighted by Gasteiger charge is 2.12. The van der Waals surface area contributed by atoms with E-state index in [9.17, 15) is 13.6 Å². The number of carbonyl (C=O) groups excluding carboxylic acids is 1. The van der Waals surface area contributed by atoms with Crippen molar-refractivity contribution in [2.75, 3.05) is 0 Å². The summed E-state index contributed by atoms with van der Waals surface area (Å²) in [5.41, 5.74) is 1.55. The van der Waals surface area contributed by atoms with Crippen LogP contribution in [0.3, 0.4) is 0 Å². The molecule has 98 valence electrons. The maximum atomic E-state index is 12.2. The summed E-state index contributed by atoms with van der Waals surface area (Å²) in [6.07, 6.45) is 3.07. The zero-order valence-electron chi connectivity index (χ0n) is 10.1. The molecule has 0 radical (unpaired) electrons. The molecule has 19 heavy (non-hydrogen) atoms. The molecule has 0 aliphatic heterocycles.